The van der Waals surface area contributed by atoms with Crippen LogP contribution in [0.1, 0.15) is 84.5 Å². The van der Waals surface area contributed by atoms with E-state index in [1.165, 1.54) is 0 Å². The Morgan fingerprint density at radius 3 is 2.34 bits per heavy atom. The van der Waals surface area contributed by atoms with Crippen molar-refractivity contribution in [2.45, 2.75) is 84.5 Å². The molecule has 6 heteroatoms. The Morgan fingerprint density at radius 2 is 1.66 bits per heavy atom. The van der Waals surface area contributed by atoms with Crippen LogP contribution >= 0.6 is 0 Å². The third-order valence-electron chi connectivity index (χ3n) is 5.36. The second-order valence-corrected chi connectivity index (χ2v) is 7.58. The van der Waals surface area contributed by atoms with Gasteiger partial charge >= 0.3 is 11.9 Å². The molecule has 0 saturated heterocycles. The van der Waals surface area contributed by atoms with E-state index < -0.39 is 0 Å². The first kappa shape index (κ1) is 25.5. The predicted octanol–water partition coefficient (Wildman–Crippen LogP) is 4.54. The molecule has 0 saturated carbocycles. The molecule has 0 bridgehead atoms. The van der Waals surface area contributed by atoms with Crippen molar-refractivity contribution in [2.24, 2.45) is 11.8 Å². The predicted molar refractivity (Wildman–Crippen MR) is 112 cm³/mol. The summed E-state index contributed by atoms with van der Waals surface area (Å²) in [5.41, 5.74) is 0. The molecule has 1 aliphatic rings. The zero-order valence-electron chi connectivity index (χ0n) is 18.3. The maximum absolute atomic E-state index is 11.9. The van der Waals surface area contributed by atoms with Crippen LogP contribution in [0.5, 0.6) is 0 Å². The third kappa shape index (κ3) is 11.3. The number of allylic oxidation sites excluding steroid dienone is 2. The van der Waals surface area contributed by atoms with Gasteiger partial charge in [0.2, 0.25) is 0 Å². The van der Waals surface area contributed by atoms with Gasteiger partial charge in [-0.3, -0.25) is 9.59 Å². The zero-order valence-corrected chi connectivity index (χ0v) is 18.3. The van der Waals surface area contributed by atoms with E-state index in [-0.39, 0.29) is 24.5 Å². The Hall–Kier alpha value is -1.56. The molecule has 1 N–H and O–H groups in total. The maximum Gasteiger partial charge on any atom is 0.305 e. The monoisotopic (exact) mass is 412 g/mol. The molecule has 29 heavy (non-hydrogen) atoms. The molecular weight excluding hydrogens is 372 g/mol. The quantitative estimate of drug-likeness (QED) is 0.296. The summed E-state index contributed by atoms with van der Waals surface area (Å²) in [6, 6.07) is 0. The number of ether oxygens (including phenoxy) is 3. The lowest BCUT2D eigenvalue weighted by Gasteiger charge is -2.32. The summed E-state index contributed by atoms with van der Waals surface area (Å²) in [6.07, 6.45) is 11.7. The molecule has 2 atom stereocenters. The van der Waals surface area contributed by atoms with Gasteiger partial charge in [0.25, 0.3) is 0 Å². The number of aliphatic hydroxyl groups is 1. The molecule has 1 unspecified atom stereocenters. The average Bonchev–Trinajstić information content (AvgIpc) is 2.70. The first-order valence-corrected chi connectivity index (χ1v) is 11.4. The Morgan fingerprint density at radius 1 is 0.966 bits per heavy atom. The molecule has 1 rings (SSSR count). The van der Waals surface area contributed by atoms with Gasteiger partial charge in [0.05, 0.1) is 25.6 Å². The maximum atomic E-state index is 11.9. The van der Waals surface area contributed by atoms with E-state index in [1.54, 1.807) is 6.92 Å². The SMILES string of the molecule is CCOC(=O)CCCOC1=CCCC(CCCCCCO)[C@@H]1CCC(=O)OCC. The van der Waals surface area contributed by atoms with Gasteiger partial charge in [0.1, 0.15) is 0 Å². The molecule has 0 heterocycles. The molecule has 1 aliphatic carbocycles. The van der Waals surface area contributed by atoms with Crippen LogP contribution in [-0.2, 0) is 23.8 Å². The number of hydrogen-bond acceptors (Lipinski definition) is 6. The van der Waals surface area contributed by atoms with Crippen LogP contribution in [0.15, 0.2) is 11.8 Å². The molecule has 0 aromatic heterocycles. The number of carbonyl (C=O) groups is 2. The fourth-order valence-electron chi connectivity index (χ4n) is 3.93. The third-order valence-corrected chi connectivity index (χ3v) is 5.36. The minimum absolute atomic E-state index is 0.151. The lowest BCUT2D eigenvalue weighted by Crippen LogP contribution is -2.24. The summed E-state index contributed by atoms with van der Waals surface area (Å²) in [5, 5.41) is 8.93. The minimum atomic E-state index is -0.187. The number of unbranched alkanes of at least 4 members (excludes halogenated alkanes) is 3. The van der Waals surface area contributed by atoms with E-state index in [2.05, 4.69) is 6.08 Å². The van der Waals surface area contributed by atoms with Gasteiger partial charge in [0.15, 0.2) is 0 Å². The highest BCUT2D eigenvalue weighted by atomic mass is 16.5. The second kappa shape index (κ2) is 16.3. The zero-order chi connectivity index (χ0) is 21.3. The van der Waals surface area contributed by atoms with Gasteiger partial charge < -0.3 is 19.3 Å². The van der Waals surface area contributed by atoms with Crippen LogP contribution in [0.2, 0.25) is 0 Å². The van der Waals surface area contributed by atoms with Crippen molar-refractivity contribution in [3.8, 4) is 0 Å². The second-order valence-electron chi connectivity index (χ2n) is 7.58. The topological polar surface area (TPSA) is 82.1 Å². The number of hydrogen-bond donors (Lipinski definition) is 1. The van der Waals surface area contributed by atoms with Crippen LogP contribution in [0.4, 0.5) is 0 Å². The molecule has 0 spiro atoms. The molecular formula is C23H40O6. The Balaban J connectivity index is 2.55. The normalized spacial score (nSPS) is 18.8. The number of aliphatic hydroxyl groups excluding tert-OH is 1. The van der Waals surface area contributed by atoms with Gasteiger partial charge in [-0.05, 0) is 64.4 Å². The molecule has 168 valence electrons. The Kier molecular flexibility index (Phi) is 14.3. The minimum Gasteiger partial charge on any atom is -0.498 e. The van der Waals surface area contributed by atoms with E-state index in [9.17, 15) is 9.59 Å². The molecule has 6 nitrogen and oxygen atoms in total. The van der Waals surface area contributed by atoms with E-state index in [0.717, 1.165) is 57.1 Å². The van der Waals surface area contributed by atoms with Crippen molar-refractivity contribution < 1.29 is 28.9 Å². The van der Waals surface area contributed by atoms with Crippen LogP contribution in [0, 0.1) is 11.8 Å². The lowest BCUT2D eigenvalue weighted by atomic mass is 9.77. The Labute approximate surface area is 176 Å². The summed E-state index contributed by atoms with van der Waals surface area (Å²) in [4.78, 5) is 23.4. The van der Waals surface area contributed by atoms with E-state index in [0.29, 0.717) is 45.0 Å². The van der Waals surface area contributed by atoms with Gasteiger partial charge in [-0.2, -0.15) is 0 Å². The smallest absolute Gasteiger partial charge is 0.305 e. The van der Waals surface area contributed by atoms with Crippen molar-refractivity contribution in [1.82, 2.24) is 0 Å². The van der Waals surface area contributed by atoms with E-state index >= 15 is 0 Å². The summed E-state index contributed by atoms with van der Waals surface area (Å²) in [5.74, 6) is 1.37. The van der Waals surface area contributed by atoms with Crippen LogP contribution in [0.3, 0.4) is 0 Å². The van der Waals surface area contributed by atoms with Crippen LogP contribution in [0.25, 0.3) is 0 Å². The molecule has 0 aromatic carbocycles. The van der Waals surface area contributed by atoms with Crippen molar-refractivity contribution in [3.05, 3.63) is 11.8 Å². The summed E-state index contributed by atoms with van der Waals surface area (Å²) in [7, 11) is 0. The molecule has 0 radical (unpaired) electrons. The highest BCUT2D eigenvalue weighted by molar-refractivity contribution is 5.69. The highest BCUT2D eigenvalue weighted by Crippen LogP contribution is 2.38. The molecule has 0 aliphatic heterocycles. The number of rotatable bonds is 16. The van der Waals surface area contributed by atoms with Gasteiger partial charge in [-0.25, -0.2) is 0 Å². The standard InChI is InChI=1S/C23H40O6/c1-3-27-22(25)14-10-18-29-21-13-9-12-19(11-7-5-6-8-17-24)20(21)15-16-23(26)28-4-2/h13,19-20,24H,3-12,14-18H2,1-2H3/t19?,20-/m0/s1. The van der Waals surface area contributed by atoms with Crippen LogP contribution < -0.4 is 0 Å². The van der Waals surface area contributed by atoms with Crippen molar-refractivity contribution in [3.63, 3.8) is 0 Å². The highest BCUT2D eigenvalue weighted by Gasteiger charge is 2.29. The van der Waals surface area contributed by atoms with E-state index in [4.69, 9.17) is 19.3 Å². The van der Waals surface area contributed by atoms with Gasteiger partial charge in [-0.15, -0.1) is 0 Å². The van der Waals surface area contributed by atoms with Crippen LogP contribution in [-0.4, -0.2) is 43.5 Å². The summed E-state index contributed by atoms with van der Waals surface area (Å²) in [6.45, 7) is 5.19. The lowest BCUT2D eigenvalue weighted by molar-refractivity contribution is -0.144. The van der Waals surface area contributed by atoms with Gasteiger partial charge in [0, 0.05) is 25.4 Å². The molecule has 0 fully saturated rings. The summed E-state index contributed by atoms with van der Waals surface area (Å²) >= 11 is 0. The van der Waals surface area contributed by atoms with Crippen molar-refractivity contribution >= 4 is 11.9 Å². The van der Waals surface area contributed by atoms with Crippen molar-refractivity contribution in [1.29, 1.82) is 0 Å². The first-order chi connectivity index (χ1) is 14.1. The number of carbonyl (C=O) groups excluding carboxylic acids is 2. The molecule has 0 amide bonds. The fourth-order valence-corrected chi connectivity index (χ4v) is 3.93. The Bertz CT molecular complexity index is 488. The van der Waals surface area contributed by atoms with Gasteiger partial charge in [-0.1, -0.05) is 19.3 Å². The first-order valence-electron chi connectivity index (χ1n) is 11.4. The summed E-state index contributed by atoms with van der Waals surface area (Å²) < 4.78 is 16.1. The molecule has 0 aromatic rings. The number of esters is 2. The van der Waals surface area contributed by atoms with E-state index in [1.807, 2.05) is 6.92 Å². The largest absolute Gasteiger partial charge is 0.498 e. The average molecular weight is 413 g/mol. The van der Waals surface area contributed by atoms with Crippen molar-refractivity contribution in [2.75, 3.05) is 26.4 Å². The fraction of sp³-hybridized carbons (Fsp3) is 0.826.